The lowest BCUT2D eigenvalue weighted by Crippen LogP contribution is -2.28. The van der Waals surface area contributed by atoms with E-state index in [0.717, 1.165) is 11.4 Å². The Bertz CT molecular complexity index is 332. The Kier molecular flexibility index (Phi) is 2.47. The number of para-hydroxylation sites is 1. The first kappa shape index (κ1) is 8.53. The summed E-state index contributed by atoms with van der Waals surface area (Å²) in [6.07, 6.45) is 0. The summed E-state index contributed by atoms with van der Waals surface area (Å²) in [5.74, 6) is 0. The van der Waals surface area contributed by atoms with Gasteiger partial charge in [-0.15, -0.1) is 0 Å². The Morgan fingerprint density at radius 3 is 2.69 bits per heavy atom. The summed E-state index contributed by atoms with van der Waals surface area (Å²) in [6.45, 7) is 1.24. The standard InChI is InChI=1S/C9H9ClN2O/c10-8-3-1-2-4-9(8)12-11-7-5-13-6-7/h1-4,12H,5-6H2. The van der Waals surface area contributed by atoms with Gasteiger partial charge in [0.25, 0.3) is 0 Å². The molecule has 1 aromatic carbocycles. The van der Waals surface area contributed by atoms with Crippen molar-refractivity contribution in [1.82, 2.24) is 0 Å². The number of rotatable bonds is 2. The summed E-state index contributed by atoms with van der Waals surface area (Å²) >= 11 is 5.91. The number of hydrogen-bond acceptors (Lipinski definition) is 3. The molecule has 0 atom stereocenters. The van der Waals surface area contributed by atoms with E-state index in [2.05, 4.69) is 10.5 Å². The Labute approximate surface area is 81.4 Å². The minimum Gasteiger partial charge on any atom is -0.369 e. The van der Waals surface area contributed by atoms with Gasteiger partial charge in [-0.05, 0) is 12.1 Å². The van der Waals surface area contributed by atoms with E-state index in [4.69, 9.17) is 16.3 Å². The van der Waals surface area contributed by atoms with Crippen molar-refractivity contribution < 1.29 is 4.74 Å². The van der Waals surface area contributed by atoms with Crippen molar-refractivity contribution in [2.24, 2.45) is 5.10 Å². The zero-order valence-corrected chi connectivity index (χ0v) is 7.71. The van der Waals surface area contributed by atoms with Crippen LogP contribution in [-0.2, 0) is 4.74 Å². The highest BCUT2D eigenvalue weighted by molar-refractivity contribution is 6.33. The highest BCUT2D eigenvalue weighted by Gasteiger charge is 2.10. The van der Waals surface area contributed by atoms with E-state index in [9.17, 15) is 0 Å². The molecule has 0 radical (unpaired) electrons. The zero-order chi connectivity index (χ0) is 9.10. The third kappa shape index (κ3) is 1.99. The molecule has 13 heavy (non-hydrogen) atoms. The van der Waals surface area contributed by atoms with Crippen molar-refractivity contribution in [3.05, 3.63) is 29.3 Å². The molecule has 1 aliphatic rings. The van der Waals surface area contributed by atoms with Crippen LogP contribution in [0.15, 0.2) is 29.4 Å². The van der Waals surface area contributed by atoms with Gasteiger partial charge in [0.15, 0.2) is 0 Å². The van der Waals surface area contributed by atoms with Crippen molar-refractivity contribution in [3.63, 3.8) is 0 Å². The fourth-order valence-corrected chi connectivity index (χ4v) is 1.13. The number of ether oxygens (including phenoxy) is 1. The van der Waals surface area contributed by atoms with E-state index < -0.39 is 0 Å². The maximum atomic E-state index is 5.91. The highest BCUT2D eigenvalue weighted by Crippen LogP contribution is 2.20. The molecular weight excluding hydrogens is 188 g/mol. The van der Waals surface area contributed by atoms with Crippen molar-refractivity contribution in [2.45, 2.75) is 0 Å². The summed E-state index contributed by atoms with van der Waals surface area (Å²) < 4.78 is 4.95. The monoisotopic (exact) mass is 196 g/mol. The molecule has 4 heteroatoms. The number of anilines is 1. The van der Waals surface area contributed by atoms with Gasteiger partial charge in [-0.2, -0.15) is 5.10 Å². The van der Waals surface area contributed by atoms with Crippen LogP contribution in [0.1, 0.15) is 0 Å². The second kappa shape index (κ2) is 3.77. The lowest BCUT2D eigenvalue weighted by molar-refractivity contribution is 0.159. The molecule has 1 saturated heterocycles. The van der Waals surface area contributed by atoms with Crippen LogP contribution in [0.3, 0.4) is 0 Å². The normalized spacial score (nSPS) is 15.0. The number of hydrazone groups is 1. The van der Waals surface area contributed by atoms with Crippen LogP contribution in [-0.4, -0.2) is 18.9 Å². The summed E-state index contributed by atoms with van der Waals surface area (Å²) in [7, 11) is 0. The SMILES string of the molecule is Clc1ccccc1NN=C1COC1. The van der Waals surface area contributed by atoms with Gasteiger partial charge in [0.1, 0.15) is 0 Å². The average Bonchev–Trinajstić information content (AvgIpc) is 2.05. The van der Waals surface area contributed by atoms with E-state index in [1.54, 1.807) is 0 Å². The Balaban J connectivity index is 2.05. The summed E-state index contributed by atoms with van der Waals surface area (Å²) in [5.41, 5.74) is 4.73. The van der Waals surface area contributed by atoms with Gasteiger partial charge in [-0.1, -0.05) is 23.7 Å². The molecule has 0 bridgehead atoms. The van der Waals surface area contributed by atoms with Gasteiger partial charge in [-0.25, -0.2) is 0 Å². The zero-order valence-electron chi connectivity index (χ0n) is 6.96. The first-order valence-corrected chi connectivity index (χ1v) is 4.38. The van der Waals surface area contributed by atoms with Crippen molar-refractivity contribution >= 4 is 23.0 Å². The van der Waals surface area contributed by atoms with Crippen LogP contribution < -0.4 is 5.43 Å². The number of benzene rings is 1. The maximum absolute atomic E-state index is 5.91. The van der Waals surface area contributed by atoms with Crippen molar-refractivity contribution in [3.8, 4) is 0 Å². The summed E-state index contributed by atoms with van der Waals surface area (Å²) in [6, 6.07) is 7.49. The molecular formula is C9H9ClN2O. The maximum Gasteiger partial charge on any atom is 0.0896 e. The van der Waals surface area contributed by atoms with Crippen molar-refractivity contribution in [2.75, 3.05) is 18.6 Å². The number of halogens is 1. The Morgan fingerprint density at radius 2 is 2.08 bits per heavy atom. The molecule has 0 amide bonds. The van der Waals surface area contributed by atoms with Crippen LogP contribution in [0.5, 0.6) is 0 Å². The second-order valence-corrected chi connectivity index (χ2v) is 3.17. The molecule has 3 nitrogen and oxygen atoms in total. The van der Waals surface area contributed by atoms with Crippen LogP contribution in [0.4, 0.5) is 5.69 Å². The van der Waals surface area contributed by atoms with Gasteiger partial charge in [0, 0.05) is 0 Å². The fraction of sp³-hybridized carbons (Fsp3) is 0.222. The van der Waals surface area contributed by atoms with Gasteiger partial charge in [0.2, 0.25) is 0 Å². The van der Waals surface area contributed by atoms with Gasteiger partial charge < -0.3 is 4.74 Å². The van der Waals surface area contributed by atoms with E-state index >= 15 is 0 Å². The summed E-state index contributed by atoms with van der Waals surface area (Å²) in [4.78, 5) is 0. The third-order valence-electron chi connectivity index (χ3n) is 1.75. The average molecular weight is 197 g/mol. The number of hydrogen-bond donors (Lipinski definition) is 1. The van der Waals surface area contributed by atoms with Crippen LogP contribution >= 0.6 is 11.6 Å². The molecule has 0 saturated carbocycles. The first-order valence-electron chi connectivity index (χ1n) is 4.00. The smallest absolute Gasteiger partial charge is 0.0896 e. The predicted octanol–water partition coefficient (Wildman–Crippen LogP) is 2.14. The lowest BCUT2D eigenvalue weighted by Gasteiger charge is -2.15. The second-order valence-electron chi connectivity index (χ2n) is 2.76. The van der Waals surface area contributed by atoms with E-state index in [1.807, 2.05) is 24.3 Å². The van der Waals surface area contributed by atoms with E-state index in [-0.39, 0.29) is 0 Å². The minimum absolute atomic E-state index is 0.622. The van der Waals surface area contributed by atoms with E-state index in [0.29, 0.717) is 18.2 Å². The minimum atomic E-state index is 0.622. The van der Waals surface area contributed by atoms with Crippen molar-refractivity contribution in [1.29, 1.82) is 0 Å². The number of nitrogens with one attached hydrogen (secondary N) is 1. The molecule has 1 heterocycles. The molecule has 0 unspecified atom stereocenters. The largest absolute Gasteiger partial charge is 0.369 e. The van der Waals surface area contributed by atoms with Crippen LogP contribution in [0.25, 0.3) is 0 Å². The van der Waals surface area contributed by atoms with E-state index in [1.165, 1.54) is 0 Å². The lowest BCUT2D eigenvalue weighted by atomic mass is 10.3. The molecule has 1 fully saturated rings. The topological polar surface area (TPSA) is 33.6 Å². The van der Waals surface area contributed by atoms with Gasteiger partial charge in [0.05, 0.1) is 29.6 Å². The molecule has 0 aromatic heterocycles. The molecule has 68 valence electrons. The Morgan fingerprint density at radius 1 is 1.31 bits per heavy atom. The quantitative estimate of drug-likeness (QED) is 0.736. The molecule has 1 N–H and O–H groups in total. The highest BCUT2D eigenvalue weighted by atomic mass is 35.5. The number of nitrogens with zero attached hydrogens (tertiary/aromatic N) is 1. The van der Waals surface area contributed by atoms with Gasteiger partial charge >= 0.3 is 0 Å². The molecule has 1 aromatic rings. The summed E-state index contributed by atoms with van der Waals surface area (Å²) in [5, 5.41) is 4.79. The molecule has 0 spiro atoms. The fourth-order valence-electron chi connectivity index (χ4n) is 0.949. The third-order valence-corrected chi connectivity index (χ3v) is 2.08. The Hall–Kier alpha value is -1.06. The predicted molar refractivity (Wildman–Crippen MR) is 53.3 cm³/mol. The van der Waals surface area contributed by atoms with Crippen LogP contribution in [0.2, 0.25) is 5.02 Å². The molecule has 0 aliphatic carbocycles. The molecule has 2 rings (SSSR count). The van der Waals surface area contributed by atoms with Crippen LogP contribution in [0, 0.1) is 0 Å². The van der Waals surface area contributed by atoms with Gasteiger partial charge in [-0.3, -0.25) is 5.43 Å². The molecule has 1 aliphatic heterocycles. The first-order chi connectivity index (χ1) is 6.36.